The zero-order valence-corrected chi connectivity index (χ0v) is 14.8. The molecule has 0 radical (unpaired) electrons. The number of thioether (sulfide) groups is 1. The van der Waals surface area contributed by atoms with Gasteiger partial charge in [0.25, 0.3) is 0 Å². The van der Waals surface area contributed by atoms with E-state index >= 15 is 0 Å². The number of alkyl halides is 3. The molecule has 5 heteroatoms. The average Bonchev–Trinajstić information content (AvgIpc) is 2.23. The molecule has 0 saturated heterocycles. The Hall–Kier alpha value is 0.100. The first-order valence-corrected chi connectivity index (χ1v) is 8.82. The maximum Gasteiger partial charge on any atom is 0.441 e. The van der Waals surface area contributed by atoms with Crippen LogP contribution in [0.2, 0.25) is 0 Å². The topological polar surface area (TPSA) is 12.0 Å². The molecule has 2 atom stereocenters. The highest BCUT2D eigenvalue weighted by Gasteiger charge is 2.36. The van der Waals surface area contributed by atoms with Crippen molar-refractivity contribution in [2.75, 3.05) is 12.3 Å². The van der Waals surface area contributed by atoms with Crippen molar-refractivity contribution in [3.63, 3.8) is 0 Å². The SMILES string of the molecule is CC1(C)CCC(CNC(C)(C)C)C(CCSC(F)(F)F)C1. The molecule has 0 aliphatic heterocycles. The molecule has 1 N–H and O–H groups in total. The van der Waals surface area contributed by atoms with E-state index in [-0.39, 0.29) is 28.5 Å². The highest BCUT2D eigenvalue weighted by atomic mass is 32.2. The van der Waals surface area contributed by atoms with E-state index in [9.17, 15) is 13.2 Å². The number of hydrogen-bond donors (Lipinski definition) is 1. The van der Waals surface area contributed by atoms with E-state index in [0.29, 0.717) is 18.3 Å². The smallest absolute Gasteiger partial charge is 0.312 e. The molecule has 1 rings (SSSR count). The van der Waals surface area contributed by atoms with Crippen LogP contribution in [0.4, 0.5) is 13.2 Å². The minimum absolute atomic E-state index is 0.0677. The molecule has 2 unspecified atom stereocenters. The molecule has 0 bridgehead atoms. The van der Waals surface area contributed by atoms with Crippen LogP contribution in [-0.4, -0.2) is 23.3 Å². The molecule has 1 nitrogen and oxygen atoms in total. The summed E-state index contributed by atoms with van der Waals surface area (Å²) >= 11 is 0.133. The monoisotopic (exact) mass is 325 g/mol. The second kappa shape index (κ2) is 7.12. The Morgan fingerprint density at radius 2 is 1.76 bits per heavy atom. The molecule has 0 spiro atoms. The van der Waals surface area contributed by atoms with Crippen molar-refractivity contribution >= 4 is 11.8 Å². The Morgan fingerprint density at radius 1 is 1.14 bits per heavy atom. The summed E-state index contributed by atoms with van der Waals surface area (Å²) < 4.78 is 36.9. The van der Waals surface area contributed by atoms with Gasteiger partial charge in [-0.15, -0.1) is 0 Å². The van der Waals surface area contributed by atoms with Crippen molar-refractivity contribution in [1.29, 1.82) is 0 Å². The molecule has 1 aliphatic carbocycles. The predicted molar refractivity (Wildman–Crippen MR) is 85.5 cm³/mol. The molecule has 1 saturated carbocycles. The fraction of sp³-hybridized carbons (Fsp3) is 1.00. The van der Waals surface area contributed by atoms with Gasteiger partial charge in [-0.05, 0) is 70.3 Å². The van der Waals surface area contributed by atoms with Gasteiger partial charge >= 0.3 is 5.51 Å². The van der Waals surface area contributed by atoms with Crippen molar-refractivity contribution in [1.82, 2.24) is 5.32 Å². The third-order valence-corrected chi connectivity index (χ3v) is 5.09. The maximum atomic E-state index is 12.3. The van der Waals surface area contributed by atoms with Gasteiger partial charge < -0.3 is 5.32 Å². The third kappa shape index (κ3) is 8.34. The van der Waals surface area contributed by atoms with Crippen molar-refractivity contribution < 1.29 is 13.2 Å². The highest BCUT2D eigenvalue weighted by molar-refractivity contribution is 8.00. The fourth-order valence-electron chi connectivity index (χ4n) is 3.16. The Balaban J connectivity index is 2.54. The first-order valence-electron chi connectivity index (χ1n) is 7.84. The summed E-state index contributed by atoms with van der Waals surface area (Å²) in [6, 6.07) is 0. The van der Waals surface area contributed by atoms with Crippen LogP contribution < -0.4 is 5.32 Å². The summed E-state index contributed by atoms with van der Waals surface area (Å²) in [7, 11) is 0. The Kier molecular flexibility index (Phi) is 6.49. The van der Waals surface area contributed by atoms with Gasteiger partial charge in [-0.3, -0.25) is 0 Å². The molecule has 1 aliphatic rings. The van der Waals surface area contributed by atoms with Crippen LogP contribution in [0.15, 0.2) is 0 Å². The minimum atomic E-state index is -4.09. The van der Waals surface area contributed by atoms with Crippen molar-refractivity contribution in [3.8, 4) is 0 Å². The quantitative estimate of drug-likeness (QED) is 0.720. The van der Waals surface area contributed by atoms with Gasteiger partial charge in [0.15, 0.2) is 0 Å². The zero-order chi connectivity index (χ0) is 16.3. The molecule has 0 aromatic carbocycles. The van der Waals surface area contributed by atoms with E-state index in [2.05, 4.69) is 39.9 Å². The first-order chi connectivity index (χ1) is 9.38. The van der Waals surface area contributed by atoms with Gasteiger partial charge in [0.1, 0.15) is 0 Å². The molecular weight excluding hydrogens is 295 g/mol. The van der Waals surface area contributed by atoms with E-state index in [0.717, 1.165) is 19.4 Å². The van der Waals surface area contributed by atoms with Crippen molar-refractivity contribution in [2.24, 2.45) is 17.3 Å². The molecule has 0 aromatic rings. The second-order valence-corrected chi connectivity index (χ2v) is 9.30. The van der Waals surface area contributed by atoms with Gasteiger partial charge in [-0.25, -0.2) is 0 Å². The lowest BCUT2D eigenvalue weighted by molar-refractivity contribution is -0.0329. The van der Waals surface area contributed by atoms with Gasteiger partial charge in [0.2, 0.25) is 0 Å². The van der Waals surface area contributed by atoms with Crippen molar-refractivity contribution in [2.45, 2.75) is 71.3 Å². The van der Waals surface area contributed by atoms with Gasteiger partial charge in [0.05, 0.1) is 0 Å². The summed E-state index contributed by atoms with van der Waals surface area (Å²) in [5.74, 6) is 1.10. The lowest BCUT2D eigenvalue weighted by Gasteiger charge is -2.42. The summed E-state index contributed by atoms with van der Waals surface area (Å²) in [4.78, 5) is 0. The number of halogens is 3. The molecule has 21 heavy (non-hydrogen) atoms. The van der Waals surface area contributed by atoms with E-state index in [1.807, 2.05) is 0 Å². The zero-order valence-electron chi connectivity index (χ0n) is 13.9. The normalized spacial score (nSPS) is 26.9. The van der Waals surface area contributed by atoms with E-state index in [1.165, 1.54) is 6.42 Å². The van der Waals surface area contributed by atoms with Crippen LogP contribution in [-0.2, 0) is 0 Å². The van der Waals surface area contributed by atoms with Gasteiger partial charge in [-0.1, -0.05) is 25.6 Å². The molecule has 126 valence electrons. The minimum Gasteiger partial charge on any atom is -0.312 e. The third-order valence-electron chi connectivity index (χ3n) is 4.32. The van der Waals surface area contributed by atoms with E-state index in [4.69, 9.17) is 0 Å². The largest absolute Gasteiger partial charge is 0.441 e. The predicted octanol–water partition coefficient (Wildman–Crippen LogP) is 5.46. The van der Waals surface area contributed by atoms with E-state index in [1.54, 1.807) is 0 Å². The summed E-state index contributed by atoms with van der Waals surface area (Å²) in [6.07, 6.45) is 4.01. The van der Waals surface area contributed by atoms with Crippen LogP contribution in [0.3, 0.4) is 0 Å². The number of hydrogen-bond acceptors (Lipinski definition) is 2. The van der Waals surface area contributed by atoms with Gasteiger partial charge in [0, 0.05) is 11.3 Å². The maximum absolute atomic E-state index is 12.3. The average molecular weight is 325 g/mol. The second-order valence-electron chi connectivity index (χ2n) is 8.14. The van der Waals surface area contributed by atoms with Crippen LogP contribution >= 0.6 is 11.8 Å². The van der Waals surface area contributed by atoms with Crippen LogP contribution in [0.5, 0.6) is 0 Å². The summed E-state index contributed by atoms with van der Waals surface area (Å²) in [5.41, 5.74) is -3.76. The number of nitrogens with one attached hydrogen (secondary N) is 1. The molecule has 1 fully saturated rings. The standard InChI is InChI=1S/C16H30F3NS/c1-14(2,3)20-11-13-6-8-15(4,5)10-12(13)7-9-21-16(17,18)19/h12-13,20H,6-11H2,1-5H3. The van der Waals surface area contributed by atoms with Crippen LogP contribution in [0.1, 0.15) is 60.3 Å². The fourth-order valence-corrected chi connectivity index (χ4v) is 3.81. The van der Waals surface area contributed by atoms with Gasteiger partial charge in [-0.2, -0.15) is 13.2 Å². The summed E-state index contributed by atoms with van der Waals surface area (Å²) in [5, 5.41) is 3.53. The summed E-state index contributed by atoms with van der Waals surface area (Å²) in [6.45, 7) is 11.8. The van der Waals surface area contributed by atoms with Crippen LogP contribution in [0.25, 0.3) is 0 Å². The molecule has 0 aromatic heterocycles. The molecule has 0 amide bonds. The molecular formula is C16H30F3NS. The molecule has 0 heterocycles. The van der Waals surface area contributed by atoms with Crippen molar-refractivity contribution in [3.05, 3.63) is 0 Å². The van der Waals surface area contributed by atoms with Crippen LogP contribution in [0, 0.1) is 17.3 Å². The highest BCUT2D eigenvalue weighted by Crippen LogP contribution is 2.44. The van der Waals surface area contributed by atoms with E-state index < -0.39 is 5.51 Å². The first kappa shape index (κ1) is 19.1. The Bertz CT molecular complexity index is 320. The lowest BCUT2D eigenvalue weighted by Crippen LogP contribution is -2.43. The Labute approximate surface area is 131 Å². The number of rotatable bonds is 5. The Morgan fingerprint density at radius 3 is 2.29 bits per heavy atom. The lowest BCUT2D eigenvalue weighted by atomic mass is 9.66.